The van der Waals surface area contributed by atoms with E-state index in [1.807, 2.05) is 0 Å². The van der Waals surface area contributed by atoms with E-state index < -0.39 is 23.6 Å². The molecule has 0 atom stereocenters. The molecule has 0 spiro atoms. The molecule has 11 heteroatoms. The van der Waals surface area contributed by atoms with Gasteiger partial charge in [0.2, 0.25) is 5.82 Å². The summed E-state index contributed by atoms with van der Waals surface area (Å²) in [5.41, 5.74) is -0.703. The number of carbonyl (C=O) groups excluding carboxylic acids is 1. The van der Waals surface area contributed by atoms with Crippen molar-refractivity contribution in [2.75, 3.05) is 20.8 Å². The standard InChI is InChI=1S/C15H17F3N4O4/c1-21-13(15(16,17)18)20-22(14(21)24)7-6-19-12(23)10-5-4-9(25-2)8-11(10)26-3/h4-5,8H,6-7H2,1-3H3,(H,19,23). The maximum absolute atomic E-state index is 12.7. The molecule has 1 N–H and O–H groups in total. The number of benzene rings is 1. The van der Waals surface area contributed by atoms with Crippen molar-refractivity contribution in [3.05, 3.63) is 40.1 Å². The lowest BCUT2D eigenvalue weighted by Crippen LogP contribution is -2.32. The number of nitrogens with zero attached hydrogens (tertiary/aromatic N) is 3. The summed E-state index contributed by atoms with van der Waals surface area (Å²) in [5.74, 6) is -1.04. The second kappa shape index (κ2) is 7.50. The fourth-order valence-electron chi connectivity index (χ4n) is 2.24. The van der Waals surface area contributed by atoms with Gasteiger partial charge in [-0.05, 0) is 12.1 Å². The predicted octanol–water partition coefficient (Wildman–Crippen LogP) is 1.05. The van der Waals surface area contributed by atoms with Crippen LogP contribution >= 0.6 is 0 Å². The van der Waals surface area contributed by atoms with Crippen LogP contribution in [-0.4, -0.2) is 41.0 Å². The van der Waals surface area contributed by atoms with Crippen LogP contribution in [0.15, 0.2) is 23.0 Å². The third-order valence-electron chi connectivity index (χ3n) is 3.56. The Morgan fingerprint density at radius 1 is 1.27 bits per heavy atom. The van der Waals surface area contributed by atoms with Crippen LogP contribution in [0, 0.1) is 0 Å². The van der Waals surface area contributed by atoms with Crippen LogP contribution in [0.3, 0.4) is 0 Å². The van der Waals surface area contributed by atoms with E-state index in [1.54, 1.807) is 6.07 Å². The molecule has 1 aromatic heterocycles. The fraction of sp³-hybridized carbons (Fsp3) is 0.400. The highest BCUT2D eigenvalue weighted by Crippen LogP contribution is 2.26. The summed E-state index contributed by atoms with van der Waals surface area (Å²) in [5, 5.41) is 5.76. The van der Waals surface area contributed by atoms with Crippen LogP contribution in [-0.2, 0) is 19.8 Å². The number of halogens is 3. The number of rotatable bonds is 6. The molecule has 2 aromatic rings. The van der Waals surface area contributed by atoms with Gasteiger partial charge in [0.15, 0.2) is 0 Å². The average Bonchev–Trinajstić information content (AvgIpc) is 2.89. The van der Waals surface area contributed by atoms with E-state index in [9.17, 15) is 22.8 Å². The SMILES string of the molecule is COc1ccc(C(=O)NCCn2nc(C(F)(F)F)n(C)c2=O)c(OC)c1. The van der Waals surface area contributed by atoms with E-state index in [0.29, 0.717) is 15.0 Å². The molecule has 0 saturated carbocycles. The molecule has 0 fully saturated rings. The first-order valence-electron chi connectivity index (χ1n) is 7.40. The Kier molecular flexibility index (Phi) is 5.58. The molecule has 0 saturated heterocycles. The van der Waals surface area contributed by atoms with Crippen LogP contribution in [0.2, 0.25) is 0 Å². The third kappa shape index (κ3) is 3.98. The number of alkyl halides is 3. The number of carbonyl (C=O) groups is 1. The van der Waals surface area contributed by atoms with E-state index in [2.05, 4.69) is 10.4 Å². The van der Waals surface area contributed by atoms with Crippen LogP contribution in [0.1, 0.15) is 16.2 Å². The summed E-state index contributed by atoms with van der Waals surface area (Å²) in [6.45, 7) is -0.310. The Bertz CT molecular complexity index is 858. The minimum Gasteiger partial charge on any atom is -0.497 e. The third-order valence-corrected chi connectivity index (χ3v) is 3.56. The lowest BCUT2D eigenvalue weighted by Gasteiger charge is -2.10. The van der Waals surface area contributed by atoms with Crippen molar-refractivity contribution in [2.45, 2.75) is 12.7 Å². The topological polar surface area (TPSA) is 87.4 Å². The van der Waals surface area contributed by atoms with Crippen molar-refractivity contribution in [3.8, 4) is 11.5 Å². The molecule has 2 rings (SSSR count). The summed E-state index contributed by atoms with van der Waals surface area (Å²) < 4.78 is 49.4. The highest BCUT2D eigenvalue weighted by atomic mass is 19.4. The van der Waals surface area contributed by atoms with Gasteiger partial charge in [-0.15, -0.1) is 5.10 Å². The highest BCUT2D eigenvalue weighted by molar-refractivity contribution is 5.97. The van der Waals surface area contributed by atoms with Crippen LogP contribution in [0.4, 0.5) is 13.2 Å². The minimum absolute atomic E-state index is 0.0950. The van der Waals surface area contributed by atoms with Crippen molar-refractivity contribution >= 4 is 5.91 Å². The molecule has 1 heterocycles. The van der Waals surface area contributed by atoms with Gasteiger partial charge in [0, 0.05) is 19.7 Å². The number of amides is 1. The van der Waals surface area contributed by atoms with Gasteiger partial charge in [-0.25, -0.2) is 9.48 Å². The highest BCUT2D eigenvalue weighted by Gasteiger charge is 2.37. The summed E-state index contributed by atoms with van der Waals surface area (Å²) >= 11 is 0. The molecule has 0 aliphatic carbocycles. The number of hydrogen-bond donors (Lipinski definition) is 1. The summed E-state index contributed by atoms with van der Waals surface area (Å²) in [7, 11) is 3.83. The fourth-order valence-corrected chi connectivity index (χ4v) is 2.24. The molecular formula is C15H17F3N4O4. The van der Waals surface area contributed by atoms with Gasteiger partial charge in [0.1, 0.15) is 11.5 Å². The van der Waals surface area contributed by atoms with Gasteiger partial charge >= 0.3 is 11.9 Å². The van der Waals surface area contributed by atoms with E-state index in [-0.39, 0.29) is 24.4 Å². The molecule has 0 bridgehead atoms. The van der Waals surface area contributed by atoms with E-state index >= 15 is 0 Å². The smallest absolute Gasteiger partial charge is 0.451 e. The number of methoxy groups -OCH3 is 2. The first-order chi connectivity index (χ1) is 12.2. The Labute approximate surface area is 146 Å². The molecule has 1 aromatic carbocycles. The van der Waals surface area contributed by atoms with Crippen molar-refractivity contribution < 1.29 is 27.4 Å². The van der Waals surface area contributed by atoms with Crippen molar-refractivity contribution in [1.29, 1.82) is 0 Å². The minimum atomic E-state index is -4.74. The lowest BCUT2D eigenvalue weighted by molar-refractivity contribution is -0.147. The molecule has 8 nitrogen and oxygen atoms in total. The second-order valence-corrected chi connectivity index (χ2v) is 5.21. The average molecular weight is 374 g/mol. The molecule has 0 unspecified atom stereocenters. The molecule has 1 amide bonds. The monoisotopic (exact) mass is 374 g/mol. The Morgan fingerprint density at radius 2 is 1.96 bits per heavy atom. The molecular weight excluding hydrogens is 357 g/mol. The molecule has 142 valence electrons. The number of hydrogen-bond acceptors (Lipinski definition) is 5. The molecule has 26 heavy (non-hydrogen) atoms. The number of ether oxygens (including phenoxy) is 2. The van der Waals surface area contributed by atoms with Crippen molar-refractivity contribution in [2.24, 2.45) is 7.05 Å². The predicted molar refractivity (Wildman–Crippen MR) is 84.3 cm³/mol. The summed E-state index contributed by atoms with van der Waals surface area (Å²) in [6, 6.07) is 4.58. The summed E-state index contributed by atoms with van der Waals surface area (Å²) in [6.07, 6.45) is -4.74. The largest absolute Gasteiger partial charge is 0.497 e. The second-order valence-electron chi connectivity index (χ2n) is 5.21. The Balaban J connectivity index is 2.07. The summed E-state index contributed by atoms with van der Waals surface area (Å²) in [4.78, 5) is 24.0. The van der Waals surface area contributed by atoms with Gasteiger partial charge < -0.3 is 14.8 Å². The van der Waals surface area contributed by atoms with Crippen molar-refractivity contribution in [3.63, 3.8) is 0 Å². The van der Waals surface area contributed by atoms with Crippen LogP contribution in [0.25, 0.3) is 0 Å². The normalized spacial score (nSPS) is 11.3. The maximum Gasteiger partial charge on any atom is 0.451 e. The van der Waals surface area contributed by atoms with Gasteiger partial charge in [0.05, 0.1) is 26.3 Å². The number of aromatic nitrogens is 3. The first kappa shape index (κ1) is 19.3. The van der Waals surface area contributed by atoms with Gasteiger partial charge in [-0.2, -0.15) is 13.2 Å². The van der Waals surface area contributed by atoms with Gasteiger partial charge in [-0.1, -0.05) is 0 Å². The first-order valence-corrected chi connectivity index (χ1v) is 7.40. The van der Waals surface area contributed by atoms with Crippen molar-refractivity contribution in [1.82, 2.24) is 19.7 Å². The van der Waals surface area contributed by atoms with Gasteiger partial charge in [0.25, 0.3) is 5.91 Å². The zero-order valence-corrected chi connectivity index (χ0v) is 14.3. The molecule has 0 aliphatic rings. The molecule has 0 radical (unpaired) electrons. The number of nitrogens with one attached hydrogen (secondary N) is 1. The van der Waals surface area contributed by atoms with E-state index in [4.69, 9.17) is 9.47 Å². The van der Waals surface area contributed by atoms with Gasteiger partial charge in [-0.3, -0.25) is 9.36 Å². The van der Waals surface area contributed by atoms with E-state index in [1.165, 1.54) is 26.4 Å². The van der Waals surface area contributed by atoms with Crippen LogP contribution in [0.5, 0.6) is 11.5 Å². The Hall–Kier alpha value is -2.98. The zero-order valence-electron chi connectivity index (χ0n) is 14.3. The van der Waals surface area contributed by atoms with E-state index in [0.717, 1.165) is 7.05 Å². The molecule has 0 aliphatic heterocycles. The lowest BCUT2D eigenvalue weighted by atomic mass is 10.1. The Morgan fingerprint density at radius 3 is 2.50 bits per heavy atom. The zero-order chi connectivity index (χ0) is 19.5. The van der Waals surface area contributed by atoms with Crippen LogP contribution < -0.4 is 20.5 Å². The maximum atomic E-state index is 12.7. The quantitative estimate of drug-likeness (QED) is 0.817.